The average molecular weight is 206 g/mol. The third-order valence-corrected chi connectivity index (χ3v) is 2.16. The van der Waals surface area contributed by atoms with E-state index in [9.17, 15) is 4.79 Å². The van der Waals surface area contributed by atoms with Crippen molar-refractivity contribution in [1.82, 2.24) is 5.16 Å². The zero-order chi connectivity index (χ0) is 10.8. The number of rotatable bonds is 2. The van der Waals surface area contributed by atoms with E-state index in [1.165, 1.54) is 7.11 Å². The molecule has 0 aliphatic carbocycles. The summed E-state index contributed by atoms with van der Waals surface area (Å²) in [6, 6.07) is 4.97. The average Bonchev–Trinajstić information content (AvgIpc) is 2.69. The maximum atomic E-state index is 11.3. The fourth-order valence-electron chi connectivity index (χ4n) is 1.38. The molecule has 0 saturated heterocycles. The molecule has 1 heterocycles. The number of carbonyl (C=O) groups is 1. The molecule has 0 saturated carbocycles. The van der Waals surface area contributed by atoms with Crippen molar-refractivity contribution < 1.29 is 14.1 Å². The highest BCUT2D eigenvalue weighted by Crippen LogP contribution is 2.20. The number of aromatic nitrogens is 1. The predicted molar refractivity (Wildman–Crippen MR) is 53.2 cm³/mol. The summed E-state index contributed by atoms with van der Waals surface area (Å²) in [5.41, 5.74) is 7.19. The quantitative estimate of drug-likeness (QED) is 0.743. The van der Waals surface area contributed by atoms with Crippen LogP contribution in [0.2, 0.25) is 0 Å². The van der Waals surface area contributed by atoms with Crippen molar-refractivity contribution in [1.29, 1.82) is 0 Å². The Morgan fingerprint density at radius 1 is 1.60 bits per heavy atom. The molecule has 0 amide bonds. The van der Waals surface area contributed by atoms with Gasteiger partial charge in [-0.05, 0) is 18.2 Å². The molecule has 1 aromatic carbocycles. The van der Waals surface area contributed by atoms with Crippen LogP contribution in [-0.4, -0.2) is 18.2 Å². The number of nitrogens with two attached hydrogens (primary N) is 1. The van der Waals surface area contributed by atoms with Crippen LogP contribution < -0.4 is 5.73 Å². The van der Waals surface area contributed by atoms with Crippen LogP contribution in [0.25, 0.3) is 11.0 Å². The fourth-order valence-corrected chi connectivity index (χ4v) is 1.38. The second-order valence-electron chi connectivity index (χ2n) is 3.04. The topological polar surface area (TPSA) is 78.3 Å². The highest BCUT2D eigenvalue weighted by atomic mass is 16.5. The van der Waals surface area contributed by atoms with Gasteiger partial charge in [0.05, 0.1) is 12.7 Å². The third kappa shape index (κ3) is 1.57. The van der Waals surface area contributed by atoms with Gasteiger partial charge in [-0.2, -0.15) is 0 Å². The number of benzene rings is 1. The van der Waals surface area contributed by atoms with Gasteiger partial charge in [0.1, 0.15) is 5.69 Å². The van der Waals surface area contributed by atoms with E-state index in [2.05, 4.69) is 9.89 Å². The maximum absolute atomic E-state index is 11.3. The van der Waals surface area contributed by atoms with Crippen molar-refractivity contribution in [3.8, 4) is 0 Å². The molecule has 0 radical (unpaired) electrons. The molecule has 0 spiro atoms. The van der Waals surface area contributed by atoms with Crippen molar-refractivity contribution in [3.05, 3.63) is 29.5 Å². The van der Waals surface area contributed by atoms with Crippen LogP contribution in [0.15, 0.2) is 22.7 Å². The first kappa shape index (κ1) is 9.67. The number of methoxy groups -OCH3 is 1. The molecule has 5 heteroatoms. The van der Waals surface area contributed by atoms with Crippen LogP contribution in [0.5, 0.6) is 0 Å². The van der Waals surface area contributed by atoms with Crippen molar-refractivity contribution >= 4 is 16.9 Å². The summed E-state index contributed by atoms with van der Waals surface area (Å²) in [7, 11) is 1.34. The molecule has 2 aromatic rings. The Balaban J connectivity index is 2.57. The Kier molecular flexibility index (Phi) is 2.39. The Bertz CT molecular complexity index is 504. The fraction of sp³-hybridized carbons (Fsp3) is 0.200. The standard InChI is InChI=1S/C10H10N2O3/c1-14-10(13)6-2-3-9-7(4-6)8(5-11)12-15-9/h2-4H,5,11H2,1H3. The molecule has 2 N–H and O–H groups in total. The molecular formula is C10H10N2O3. The van der Waals surface area contributed by atoms with Gasteiger partial charge >= 0.3 is 5.97 Å². The largest absolute Gasteiger partial charge is 0.465 e. The van der Waals surface area contributed by atoms with E-state index in [1.54, 1.807) is 18.2 Å². The molecule has 0 aliphatic rings. The Morgan fingerprint density at radius 3 is 3.07 bits per heavy atom. The van der Waals surface area contributed by atoms with E-state index in [-0.39, 0.29) is 12.5 Å². The number of fused-ring (bicyclic) bond motifs is 1. The molecular weight excluding hydrogens is 196 g/mol. The minimum absolute atomic E-state index is 0.275. The minimum atomic E-state index is -0.388. The van der Waals surface area contributed by atoms with Gasteiger partial charge in [0, 0.05) is 11.9 Å². The number of carbonyl (C=O) groups excluding carboxylic acids is 1. The van der Waals surface area contributed by atoms with E-state index in [0.29, 0.717) is 16.8 Å². The zero-order valence-corrected chi connectivity index (χ0v) is 8.19. The normalized spacial score (nSPS) is 10.5. The van der Waals surface area contributed by atoms with Crippen molar-refractivity contribution in [3.63, 3.8) is 0 Å². The predicted octanol–water partition coefficient (Wildman–Crippen LogP) is 1.07. The Labute approximate surface area is 85.8 Å². The van der Waals surface area contributed by atoms with E-state index < -0.39 is 0 Å². The second-order valence-corrected chi connectivity index (χ2v) is 3.04. The van der Waals surface area contributed by atoms with Gasteiger partial charge in [-0.25, -0.2) is 4.79 Å². The number of esters is 1. The molecule has 78 valence electrons. The van der Waals surface area contributed by atoms with Crippen molar-refractivity contribution in [2.75, 3.05) is 7.11 Å². The van der Waals surface area contributed by atoms with Crippen LogP contribution in [0.1, 0.15) is 16.1 Å². The number of hydrogen-bond acceptors (Lipinski definition) is 5. The van der Waals surface area contributed by atoms with Gasteiger partial charge in [-0.3, -0.25) is 0 Å². The SMILES string of the molecule is COC(=O)c1ccc2onc(CN)c2c1. The lowest BCUT2D eigenvalue weighted by molar-refractivity contribution is 0.0601. The molecule has 1 aromatic heterocycles. The Hall–Kier alpha value is -1.88. The van der Waals surface area contributed by atoms with Gasteiger partial charge < -0.3 is 15.0 Å². The molecule has 0 bridgehead atoms. The van der Waals surface area contributed by atoms with Crippen LogP contribution in [-0.2, 0) is 11.3 Å². The van der Waals surface area contributed by atoms with Gasteiger partial charge in [-0.1, -0.05) is 5.16 Å². The van der Waals surface area contributed by atoms with E-state index in [4.69, 9.17) is 10.3 Å². The van der Waals surface area contributed by atoms with E-state index in [0.717, 1.165) is 5.39 Å². The first-order chi connectivity index (χ1) is 7.26. The first-order valence-electron chi connectivity index (χ1n) is 4.43. The van der Waals surface area contributed by atoms with E-state index in [1.807, 2.05) is 0 Å². The summed E-state index contributed by atoms with van der Waals surface area (Å²) in [5, 5.41) is 4.54. The maximum Gasteiger partial charge on any atom is 0.337 e. The molecule has 0 atom stereocenters. The molecule has 0 fully saturated rings. The summed E-state index contributed by atoms with van der Waals surface area (Å²) in [4.78, 5) is 11.3. The lowest BCUT2D eigenvalue weighted by Crippen LogP contribution is -2.01. The van der Waals surface area contributed by atoms with Crippen LogP contribution in [0.4, 0.5) is 0 Å². The lowest BCUT2D eigenvalue weighted by Gasteiger charge is -1.98. The lowest BCUT2D eigenvalue weighted by atomic mass is 10.1. The first-order valence-corrected chi connectivity index (χ1v) is 4.43. The minimum Gasteiger partial charge on any atom is -0.465 e. The number of hydrogen-bond donors (Lipinski definition) is 1. The number of nitrogens with zero attached hydrogens (tertiary/aromatic N) is 1. The molecule has 0 aliphatic heterocycles. The van der Waals surface area contributed by atoms with Crippen molar-refractivity contribution in [2.24, 2.45) is 5.73 Å². The van der Waals surface area contributed by atoms with Gasteiger partial charge in [-0.15, -0.1) is 0 Å². The van der Waals surface area contributed by atoms with Crippen LogP contribution in [0, 0.1) is 0 Å². The monoisotopic (exact) mass is 206 g/mol. The zero-order valence-electron chi connectivity index (χ0n) is 8.19. The molecule has 2 rings (SSSR count). The molecule has 15 heavy (non-hydrogen) atoms. The summed E-state index contributed by atoms with van der Waals surface area (Å²) in [6.07, 6.45) is 0. The second kappa shape index (κ2) is 3.70. The smallest absolute Gasteiger partial charge is 0.337 e. The third-order valence-electron chi connectivity index (χ3n) is 2.16. The van der Waals surface area contributed by atoms with Crippen LogP contribution in [0.3, 0.4) is 0 Å². The molecule has 5 nitrogen and oxygen atoms in total. The van der Waals surface area contributed by atoms with Crippen molar-refractivity contribution in [2.45, 2.75) is 6.54 Å². The van der Waals surface area contributed by atoms with Gasteiger partial charge in [0.15, 0.2) is 5.58 Å². The van der Waals surface area contributed by atoms with Gasteiger partial charge in [0.2, 0.25) is 0 Å². The molecule has 0 unspecified atom stereocenters. The Morgan fingerprint density at radius 2 is 2.40 bits per heavy atom. The van der Waals surface area contributed by atoms with Crippen LogP contribution >= 0.6 is 0 Å². The summed E-state index contributed by atoms with van der Waals surface area (Å²) >= 11 is 0. The highest BCUT2D eigenvalue weighted by molar-refractivity contribution is 5.94. The van der Waals surface area contributed by atoms with Gasteiger partial charge in [0.25, 0.3) is 0 Å². The highest BCUT2D eigenvalue weighted by Gasteiger charge is 2.11. The van der Waals surface area contributed by atoms with E-state index >= 15 is 0 Å². The number of ether oxygens (including phenoxy) is 1. The summed E-state index contributed by atoms with van der Waals surface area (Å²) in [5.74, 6) is -0.388. The summed E-state index contributed by atoms with van der Waals surface area (Å²) < 4.78 is 9.64. The summed E-state index contributed by atoms with van der Waals surface area (Å²) in [6.45, 7) is 0.275.